The van der Waals surface area contributed by atoms with Crippen LogP contribution in [0.25, 0.3) is 33.7 Å². The van der Waals surface area contributed by atoms with Crippen LogP contribution in [0.3, 0.4) is 0 Å². The summed E-state index contributed by atoms with van der Waals surface area (Å²) in [6.07, 6.45) is -0.638. The molecule has 1 amide bonds. The maximum atomic E-state index is 13.4. The molecule has 0 radical (unpaired) electrons. The van der Waals surface area contributed by atoms with Crippen molar-refractivity contribution in [3.05, 3.63) is 80.0 Å². The van der Waals surface area contributed by atoms with Gasteiger partial charge in [0.05, 0.1) is 5.39 Å². The van der Waals surface area contributed by atoms with E-state index in [4.69, 9.17) is 30.9 Å². The molecule has 0 saturated carbocycles. The Labute approximate surface area is 209 Å². The molecule has 0 fully saturated rings. The van der Waals surface area contributed by atoms with E-state index in [1.165, 1.54) is 12.1 Å². The summed E-state index contributed by atoms with van der Waals surface area (Å²) in [6.45, 7) is 7.08. The number of aromatic nitrogens is 3. The van der Waals surface area contributed by atoms with E-state index in [1.54, 1.807) is 39.0 Å². The van der Waals surface area contributed by atoms with Gasteiger partial charge in [0.2, 0.25) is 0 Å². The lowest BCUT2D eigenvalue weighted by molar-refractivity contribution is 0.0988. The molecular formula is C26H21ClN4O5. The molecule has 0 unspecified atom stereocenters. The lowest BCUT2D eigenvalue weighted by Crippen LogP contribution is -2.17. The number of ether oxygens (including phenoxy) is 1. The quantitative estimate of drug-likeness (QED) is 0.322. The lowest BCUT2D eigenvalue weighted by Gasteiger charge is -2.19. The van der Waals surface area contributed by atoms with Gasteiger partial charge in [-0.2, -0.15) is 4.98 Å². The van der Waals surface area contributed by atoms with Crippen LogP contribution in [0.4, 0.5) is 0 Å². The average molecular weight is 505 g/mol. The highest BCUT2D eigenvalue weighted by Gasteiger charge is 2.22. The summed E-state index contributed by atoms with van der Waals surface area (Å²) in [6, 6.07) is 10.1. The van der Waals surface area contributed by atoms with Crippen LogP contribution in [0.15, 0.2) is 50.0 Å². The molecule has 2 N–H and O–H groups in total. The first kappa shape index (κ1) is 23.5. The first-order valence-corrected chi connectivity index (χ1v) is 11.5. The number of oxazole rings is 1. The molecule has 0 aliphatic carbocycles. The molecule has 0 aliphatic rings. The number of aryl methyl sites for hydroxylation is 2. The van der Waals surface area contributed by atoms with Gasteiger partial charge in [-0.15, -0.1) is 0 Å². The third kappa shape index (κ3) is 4.07. The van der Waals surface area contributed by atoms with E-state index in [1.807, 2.05) is 13.0 Å². The minimum Gasteiger partial charge on any atom is -0.483 e. The number of carbonyl (C=O) groups excluding carboxylic acids is 1. The fourth-order valence-electron chi connectivity index (χ4n) is 4.11. The molecule has 10 heteroatoms. The molecular weight excluding hydrogens is 484 g/mol. The maximum absolute atomic E-state index is 13.4. The lowest BCUT2D eigenvalue weighted by atomic mass is 10.0. The summed E-state index contributed by atoms with van der Waals surface area (Å²) in [7, 11) is 0. The number of nitrogens with zero attached hydrogens (tertiary/aromatic N) is 3. The van der Waals surface area contributed by atoms with E-state index in [2.05, 4.69) is 15.0 Å². The van der Waals surface area contributed by atoms with Crippen LogP contribution in [0, 0.1) is 20.8 Å². The summed E-state index contributed by atoms with van der Waals surface area (Å²) in [5.41, 5.74) is 8.79. The van der Waals surface area contributed by atoms with Crippen LogP contribution in [-0.2, 0) is 0 Å². The molecule has 5 aromatic rings. The fraction of sp³-hybridized carbons (Fsp3) is 0.192. The zero-order chi connectivity index (χ0) is 25.7. The number of hydrogen-bond donors (Lipinski definition) is 1. The number of amides is 1. The van der Waals surface area contributed by atoms with Crippen molar-refractivity contribution in [3.8, 4) is 17.2 Å². The molecule has 0 aliphatic heterocycles. The van der Waals surface area contributed by atoms with Crippen molar-refractivity contribution >= 4 is 39.7 Å². The number of halogens is 1. The highest BCUT2D eigenvalue weighted by Crippen LogP contribution is 2.33. The predicted octanol–water partition coefficient (Wildman–Crippen LogP) is 5.21. The van der Waals surface area contributed by atoms with Crippen molar-refractivity contribution in [1.82, 2.24) is 15.0 Å². The zero-order valence-electron chi connectivity index (χ0n) is 19.9. The SMILES string of the molecule is Cc1cc([C@@H](C)Oc2ccc(Cl)nc2C(N)=O)c2oc(-c3ccc4oc(C)nc4n3)c(C)c(=O)c2c1. The molecule has 4 heterocycles. The molecule has 1 atom stereocenters. The fourth-order valence-corrected chi connectivity index (χ4v) is 4.26. The van der Waals surface area contributed by atoms with Gasteiger partial charge in [0.15, 0.2) is 39.8 Å². The van der Waals surface area contributed by atoms with Gasteiger partial charge in [-0.1, -0.05) is 11.6 Å². The van der Waals surface area contributed by atoms with Gasteiger partial charge in [-0.05, 0) is 62.7 Å². The van der Waals surface area contributed by atoms with Crippen LogP contribution in [0.5, 0.6) is 5.75 Å². The Bertz CT molecular complexity index is 1740. The van der Waals surface area contributed by atoms with Crippen molar-refractivity contribution in [2.24, 2.45) is 5.73 Å². The van der Waals surface area contributed by atoms with Crippen LogP contribution in [0.1, 0.15) is 46.1 Å². The number of benzene rings is 1. The molecule has 0 spiro atoms. The van der Waals surface area contributed by atoms with E-state index in [-0.39, 0.29) is 22.0 Å². The van der Waals surface area contributed by atoms with Crippen molar-refractivity contribution in [3.63, 3.8) is 0 Å². The Morgan fingerprint density at radius 1 is 1.06 bits per heavy atom. The highest BCUT2D eigenvalue weighted by atomic mass is 35.5. The zero-order valence-corrected chi connectivity index (χ0v) is 20.6. The van der Waals surface area contributed by atoms with Crippen molar-refractivity contribution < 1.29 is 18.4 Å². The molecule has 36 heavy (non-hydrogen) atoms. The van der Waals surface area contributed by atoms with Gasteiger partial charge in [-0.25, -0.2) is 9.97 Å². The molecule has 0 saturated heterocycles. The Balaban J connectivity index is 1.67. The van der Waals surface area contributed by atoms with Gasteiger partial charge in [0.1, 0.15) is 22.5 Å². The number of pyridine rings is 2. The van der Waals surface area contributed by atoms with Crippen molar-refractivity contribution in [1.29, 1.82) is 0 Å². The Hall–Kier alpha value is -4.24. The molecule has 9 nitrogen and oxygen atoms in total. The summed E-state index contributed by atoms with van der Waals surface area (Å²) >= 11 is 5.92. The van der Waals surface area contributed by atoms with Gasteiger partial charge >= 0.3 is 0 Å². The largest absolute Gasteiger partial charge is 0.483 e. The number of nitrogens with two attached hydrogens (primary N) is 1. The van der Waals surface area contributed by atoms with Crippen LogP contribution >= 0.6 is 11.6 Å². The third-order valence-electron chi connectivity index (χ3n) is 5.78. The standard InChI is InChI=1S/C26H21ClN4O5/c1-11-9-15(13(3)34-18-7-8-20(27)31-21(18)25(28)33)24-16(10-11)22(32)12(2)23(36-24)17-5-6-19-26(30-17)29-14(4)35-19/h5-10,13H,1-4H3,(H2,28,33)/t13-/m1/s1. The Morgan fingerprint density at radius 3 is 2.58 bits per heavy atom. The third-order valence-corrected chi connectivity index (χ3v) is 5.99. The Morgan fingerprint density at radius 2 is 1.83 bits per heavy atom. The van der Waals surface area contributed by atoms with Gasteiger partial charge in [0, 0.05) is 18.1 Å². The summed E-state index contributed by atoms with van der Waals surface area (Å²) in [4.78, 5) is 38.1. The van der Waals surface area contributed by atoms with Crippen molar-refractivity contribution in [2.75, 3.05) is 0 Å². The van der Waals surface area contributed by atoms with Crippen LogP contribution in [-0.4, -0.2) is 20.9 Å². The smallest absolute Gasteiger partial charge is 0.271 e. The number of primary amides is 1. The summed E-state index contributed by atoms with van der Waals surface area (Å²) in [5.74, 6) is 0.195. The van der Waals surface area contributed by atoms with Gasteiger partial charge < -0.3 is 19.3 Å². The van der Waals surface area contributed by atoms with E-state index in [0.29, 0.717) is 50.7 Å². The average Bonchev–Trinajstić information content (AvgIpc) is 3.21. The first-order chi connectivity index (χ1) is 17.1. The van der Waals surface area contributed by atoms with E-state index in [0.717, 1.165) is 5.56 Å². The second-order valence-electron chi connectivity index (χ2n) is 8.47. The predicted molar refractivity (Wildman–Crippen MR) is 134 cm³/mol. The van der Waals surface area contributed by atoms with Crippen LogP contribution in [0.2, 0.25) is 5.15 Å². The molecule has 4 aromatic heterocycles. The molecule has 5 rings (SSSR count). The molecule has 0 bridgehead atoms. The number of carbonyl (C=O) groups is 1. The van der Waals surface area contributed by atoms with E-state index >= 15 is 0 Å². The van der Waals surface area contributed by atoms with E-state index < -0.39 is 12.0 Å². The minimum absolute atomic E-state index is 0.0929. The topological polar surface area (TPSA) is 134 Å². The molecule has 1 aromatic carbocycles. The highest BCUT2D eigenvalue weighted by molar-refractivity contribution is 6.29. The normalized spacial score (nSPS) is 12.2. The second-order valence-corrected chi connectivity index (χ2v) is 8.86. The summed E-state index contributed by atoms with van der Waals surface area (Å²) in [5, 5.41) is 0.520. The number of fused-ring (bicyclic) bond motifs is 2. The number of rotatable bonds is 5. The maximum Gasteiger partial charge on any atom is 0.271 e. The number of hydrogen-bond acceptors (Lipinski definition) is 8. The van der Waals surface area contributed by atoms with Gasteiger partial charge in [0.25, 0.3) is 5.91 Å². The molecule has 182 valence electrons. The monoisotopic (exact) mass is 504 g/mol. The van der Waals surface area contributed by atoms with Gasteiger partial charge in [-0.3, -0.25) is 9.59 Å². The first-order valence-electron chi connectivity index (χ1n) is 11.1. The van der Waals surface area contributed by atoms with Crippen molar-refractivity contribution in [2.45, 2.75) is 33.8 Å². The minimum atomic E-state index is -0.775. The summed E-state index contributed by atoms with van der Waals surface area (Å²) < 4.78 is 17.9. The van der Waals surface area contributed by atoms with E-state index in [9.17, 15) is 9.59 Å². The second kappa shape index (κ2) is 8.76. The Kier molecular flexibility index (Phi) is 5.72. The van der Waals surface area contributed by atoms with Crippen LogP contribution < -0.4 is 15.9 Å².